The van der Waals surface area contributed by atoms with E-state index in [0.717, 1.165) is 19.3 Å². The SMILES string of the molecule is C=C(CC[C@@H](C)[C@H]1CC[C@H]2C3=CC[C@H]4[C@H](C)C(=O)CC[C@]4(C)C3=C[C@H](O)[C@]12C)C(C)C. The molecule has 0 bridgehead atoms. The van der Waals surface area contributed by atoms with Gasteiger partial charge in [0.25, 0.3) is 0 Å². The fraction of sp³-hybridized carbons (Fsp3) is 0.759. The first kappa shape index (κ1) is 23.0. The molecule has 4 rings (SSSR count). The topological polar surface area (TPSA) is 37.3 Å². The normalized spacial score (nSPS) is 43.0. The molecule has 0 unspecified atom stereocenters. The number of aliphatic hydroxyl groups is 1. The van der Waals surface area contributed by atoms with E-state index in [9.17, 15) is 9.90 Å². The molecule has 4 aliphatic carbocycles. The number of rotatable bonds is 5. The maximum Gasteiger partial charge on any atom is 0.136 e. The van der Waals surface area contributed by atoms with E-state index in [1.165, 1.54) is 36.0 Å². The Morgan fingerprint density at radius 3 is 2.65 bits per heavy atom. The molecule has 2 heteroatoms. The first-order valence-corrected chi connectivity index (χ1v) is 12.8. The van der Waals surface area contributed by atoms with Crippen molar-refractivity contribution < 1.29 is 9.90 Å². The molecule has 4 aliphatic rings. The molecule has 0 saturated heterocycles. The van der Waals surface area contributed by atoms with Gasteiger partial charge in [-0.15, -0.1) is 0 Å². The third-order valence-corrected chi connectivity index (χ3v) is 10.4. The van der Waals surface area contributed by atoms with Gasteiger partial charge >= 0.3 is 0 Å². The van der Waals surface area contributed by atoms with Crippen molar-refractivity contribution in [1.29, 1.82) is 0 Å². The minimum absolute atomic E-state index is 0.0401. The molecule has 0 radical (unpaired) electrons. The second kappa shape index (κ2) is 8.01. The van der Waals surface area contributed by atoms with Gasteiger partial charge in [-0.05, 0) is 84.7 Å². The highest BCUT2D eigenvalue weighted by molar-refractivity contribution is 5.82. The van der Waals surface area contributed by atoms with Crippen LogP contribution in [0, 0.1) is 46.3 Å². The Morgan fingerprint density at radius 2 is 1.97 bits per heavy atom. The van der Waals surface area contributed by atoms with E-state index in [1.54, 1.807) is 0 Å². The van der Waals surface area contributed by atoms with Crippen LogP contribution in [0.4, 0.5) is 0 Å². The van der Waals surface area contributed by atoms with E-state index >= 15 is 0 Å². The van der Waals surface area contributed by atoms with Crippen LogP contribution in [0.15, 0.2) is 35.5 Å². The zero-order valence-electron chi connectivity index (χ0n) is 20.7. The van der Waals surface area contributed by atoms with Gasteiger partial charge in [0.1, 0.15) is 5.78 Å². The van der Waals surface area contributed by atoms with E-state index < -0.39 is 6.10 Å². The molecule has 0 spiro atoms. The number of ketones is 1. The first-order valence-electron chi connectivity index (χ1n) is 12.8. The van der Waals surface area contributed by atoms with Crippen LogP contribution in [0.3, 0.4) is 0 Å². The van der Waals surface area contributed by atoms with Crippen molar-refractivity contribution in [3.8, 4) is 0 Å². The lowest BCUT2D eigenvalue weighted by Gasteiger charge is -2.55. The van der Waals surface area contributed by atoms with Crippen LogP contribution in [0.25, 0.3) is 0 Å². The van der Waals surface area contributed by atoms with E-state index in [0.29, 0.717) is 41.8 Å². The van der Waals surface area contributed by atoms with Gasteiger partial charge in [-0.25, -0.2) is 0 Å². The van der Waals surface area contributed by atoms with E-state index in [1.807, 2.05) is 0 Å². The third-order valence-electron chi connectivity index (χ3n) is 10.4. The Balaban J connectivity index is 1.62. The van der Waals surface area contributed by atoms with Gasteiger partial charge in [0.2, 0.25) is 0 Å². The summed E-state index contributed by atoms with van der Waals surface area (Å²) in [7, 11) is 0. The van der Waals surface area contributed by atoms with Crippen molar-refractivity contribution in [3.63, 3.8) is 0 Å². The van der Waals surface area contributed by atoms with E-state index in [-0.39, 0.29) is 16.7 Å². The summed E-state index contributed by atoms with van der Waals surface area (Å²) in [4.78, 5) is 12.4. The number of carbonyl (C=O) groups excluding carboxylic acids is 1. The molecule has 0 aromatic carbocycles. The highest BCUT2D eigenvalue weighted by Gasteiger charge is 2.59. The van der Waals surface area contributed by atoms with Crippen LogP contribution in [0.1, 0.15) is 86.5 Å². The number of hydrogen-bond acceptors (Lipinski definition) is 2. The number of carbonyl (C=O) groups is 1. The summed E-state index contributed by atoms with van der Waals surface area (Å²) < 4.78 is 0. The van der Waals surface area contributed by atoms with Gasteiger partial charge < -0.3 is 5.11 Å². The predicted octanol–water partition coefficient (Wildman–Crippen LogP) is 6.90. The van der Waals surface area contributed by atoms with Crippen molar-refractivity contribution in [1.82, 2.24) is 0 Å². The molecular formula is C29H44O2. The van der Waals surface area contributed by atoms with E-state index in [4.69, 9.17) is 0 Å². The van der Waals surface area contributed by atoms with E-state index in [2.05, 4.69) is 60.3 Å². The summed E-state index contributed by atoms with van der Waals surface area (Å²) in [5, 5.41) is 11.6. The molecule has 8 atom stereocenters. The smallest absolute Gasteiger partial charge is 0.136 e. The molecule has 2 nitrogen and oxygen atoms in total. The van der Waals surface area contributed by atoms with Crippen molar-refractivity contribution in [3.05, 3.63) is 35.5 Å². The maximum absolute atomic E-state index is 12.4. The molecule has 2 fully saturated rings. The summed E-state index contributed by atoms with van der Waals surface area (Å²) in [6.07, 6.45) is 11.6. The third kappa shape index (κ3) is 3.43. The number of Topliss-reactive ketones (excluding diaryl/α,β-unsaturated/α-hetero) is 1. The molecule has 0 heterocycles. The van der Waals surface area contributed by atoms with Gasteiger partial charge in [-0.2, -0.15) is 0 Å². The fourth-order valence-corrected chi connectivity index (χ4v) is 7.96. The molecule has 0 aliphatic heterocycles. The number of aliphatic hydroxyl groups excluding tert-OH is 1. The highest BCUT2D eigenvalue weighted by Crippen LogP contribution is 2.65. The Hall–Kier alpha value is -1.15. The van der Waals surface area contributed by atoms with Crippen LogP contribution < -0.4 is 0 Å². The quantitative estimate of drug-likeness (QED) is 0.487. The average Bonchev–Trinajstić information content (AvgIpc) is 3.08. The Kier molecular flexibility index (Phi) is 5.95. The minimum atomic E-state index is -0.392. The van der Waals surface area contributed by atoms with Crippen molar-refractivity contribution in [2.24, 2.45) is 46.3 Å². The molecular weight excluding hydrogens is 380 g/mol. The molecule has 1 N–H and O–H groups in total. The summed E-state index contributed by atoms with van der Waals surface area (Å²) >= 11 is 0. The lowest BCUT2D eigenvalue weighted by molar-refractivity contribution is -0.129. The summed E-state index contributed by atoms with van der Waals surface area (Å²) in [5.74, 6) is 3.09. The second-order valence-corrected chi connectivity index (χ2v) is 12.1. The van der Waals surface area contributed by atoms with Crippen LogP contribution >= 0.6 is 0 Å². The van der Waals surface area contributed by atoms with Gasteiger partial charge in [-0.1, -0.05) is 65.8 Å². The fourth-order valence-electron chi connectivity index (χ4n) is 7.96. The Morgan fingerprint density at radius 1 is 1.26 bits per heavy atom. The van der Waals surface area contributed by atoms with Gasteiger partial charge in [-0.3, -0.25) is 4.79 Å². The van der Waals surface area contributed by atoms with Gasteiger partial charge in [0, 0.05) is 17.8 Å². The van der Waals surface area contributed by atoms with Gasteiger partial charge in [0.15, 0.2) is 0 Å². The monoisotopic (exact) mass is 424 g/mol. The Bertz CT molecular complexity index is 817. The van der Waals surface area contributed by atoms with Crippen LogP contribution in [0.5, 0.6) is 0 Å². The van der Waals surface area contributed by atoms with Crippen molar-refractivity contribution in [2.45, 2.75) is 92.6 Å². The summed E-state index contributed by atoms with van der Waals surface area (Å²) in [6, 6.07) is 0. The van der Waals surface area contributed by atoms with Crippen LogP contribution in [0.2, 0.25) is 0 Å². The lowest BCUT2D eigenvalue weighted by atomic mass is 9.49. The second-order valence-electron chi connectivity index (χ2n) is 12.1. The number of hydrogen-bond donors (Lipinski definition) is 1. The zero-order chi connectivity index (χ0) is 22.7. The molecule has 172 valence electrons. The van der Waals surface area contributed by atoms with Crippen molar-refractivity contribution >= 4 is 5.78 Å². The Labute approximate surface area is 190 Å². The zero-order valence-corrected chi connectivity index (χ0v) is 20.7. The molecule has 0 amide bonds. The molecule has 0 aromatic heterocycles. The van der Waals surface area contributed by atoms with Crippen molar-refractivity contribution in [2.75, 3.05) is 0 Å². The molecule has 2 saturated carbocycles. The standard InChI is InChI=1S/C29H44O2/c1-17(2)18(3)8-9-19(4)22-12-13-24-21-10-11-23-20(5)26(30)14-15-28(23,6)25(21)16-27(31)29(22,24)7/h10,16-17,19-20,22-24,27,31H,3,8-9,11-15H2,1-2,4-7H3/t19-,20+,22-,23+,24+,27+,28+,29-/m1/s1. The minimum Gasteiger partial charge on any atom is -0.388 e. The largest absolute Gasteiger partial charge is 0.388 e. The predicted molar refractivity (Wildman–Crippen MR) is 128 cm³/mol. The summed E-state index contributed by atoms with van der Waals surface area (Å²) in [6.45, 7) is 18.0. The van der Waals surface area contributed by atoms with Gasteiger partial charge in [0.05, 0.1) is 6.10 Å². The average molecular weight is 425 g/mol. The maximum atomic E-state index is 12.4. The summed E-state index contributed by atoms with van der Waals surface area (Å²) in [5.41, 5.74) is 4.23. The van der Waals surface area contributed by atoms with Crippen LogP contribution in [-0.4, -0.2) is 17.0 Å². The lowest BCUT2D eigenvalue weighted by Crippen LogP contribution is -2.51. The number of fused-ring (bicyclic) bond motifs is 5. The number of allylic oxidation sites excluding steroid dienone is 4. The molecule has 31 heavy (non-hydrogen) atoms. The van der Waals surface area contributed by atoms with Crippen LogP contribution in [-0.2, 0) is 4.79 Å². The highest BCUT2D eigenvalue weighted by atomic mass is 16.3. The molecule has 0 aromatic rings. The first-order chi connectivity index (χ1) is 14.5.